The highest BCUT2D eigenvalue weighted by Crippen LogP contribution is 2.31. The molecule has 0 spiro atoms. The van der Waals surface area contributed by atoms with E-state index in [4.69, 9.17) is 10.00 Å². The number of hydrogen-bond acceptors (Lipinski definition) is 3. The molecule has 7 aromatic rings. The summed E-state index contributed by atoms with van der Waals surface area (Å²) < 4.78 is 301. The molecule has 0 aliphatic rings. The number of halogens is 20. The lowest BCUT2D eigenvalue weighted by Crippen LogP contribution is -2.81. The number of Topliss-reactive ketones (excluding diaryl/α,β-unsaturated/α-hetero) is 1. The zero-order valence-corrected chi connectivity index (χ0v) is 32.6. The number of rotatable bonds is 9. The summed E-state index contributed by atoms with van der Waals surface area (Å²) in [6, 6.07) is 22.6. The molecule has 0 fully saturated rings. The summed E-state index contributed by atoms with van der Waals surface area (Å²) >= 11 is 0. The monoisotopic (exact) mass is 982 g/mol. The van der Waals surface area contributed by atoms with Crippen LogP contribution < -0.4 is 31.2 Å². The van der Waals surface area contributed by atoms with Gasteiger partial charge in [0.2, 0.25) is 17.8 Å². The lowest BCUT2D eigenvalue weighted by molar-refractivity contribution is -0.662. The molecule has 7 rings (SSSR count). The summed E-state index contributed by atoms with van der Waals surface area (Å²) in [4.78, 5) is 12.5. The Morgan fingerprint density at radius 3 is 1.07 bits per heavy atom. The highest BCUT2D eigenvalue weighted by atomic mass is 19.2. The number of pyridine rings is 1. The third kappa shape index (κ3) is 7.85. The number of nitrogens with zero attached hydrogens (tertiary/aromatic N) is 2. The van der Waals surface area contributed by atoms with Gasteiger partial charge < -0.3 is 4.74 Å². The summed E-state index contributed by atoms with van der Waals surface area (Å²) in [6.07, 6.45) is -7.22. The number of hydrogen-bond donors (Lipinski definition) is 0. The Hall–Kier alpha value is -7.65. The van der Waals surface area contributed by atoms with Crippen LogP contribution >= 0.6 is 0 Å². The van der Waals surface area contributed by atoms with Crippen LogP contribution in [0.2, 0.25) is 0 Å². The van der Waals surface area contributed by atoms with Crippen LogP contribution in [0.3, 0.4) is 0 Å². The first-order valence-corrected chi connectivity index (χ1v) is 18.2. The van der Waals surface area contributed by atoms with Gasteiger partial charge in [0.1, 0.15) is 58.8 Å². The molecule has 6 aromatic carbocycles. The number of ether oxygens (including phenoxy) is 1. The smallest absolute Gasteiger partial charge is 0.369 e. The van der Waals surface area contributed by atoms with E-state index in [-0.39, 0.29) is 18.9 Å². The molecular weight excluding hydrogens is 967 g/mol. The molecule has 352 valence electrons. The average molecular weight is 982 g/mol. The number of ketones is 1. The van der Waals surface area contributed by atoms with Gasteiger partial charge >= 0.3 is 5.88 Å². The molecule has 25 heteroatoms. The molecule has 0 atom stereocenters. The number of para-hydroxylation sites is 1. The van der Waals surface area contributed by atoms with Gasteiger partial charge in [0.15, 0.2) is 76.4 Å². The lowest BCUT2D eigenvalue weighted by atomic mass is 9.12. The van der Waals surface area contributed by atoms with E-state index in [0.717, 1.165) is 10.9 Å². The molecule has 1 heterocycles. The summed E-state index contributed by atoms with van der Waals surface area (Å²) in [7, 11) is 0. The summed E-state index contributed by atoms with van der Waals surface area (Å²) in [5.74, 6) is -70.9. The predicted octanol–water partition coefficient (Wildman–Crippen LogP) is 8.76. The predicted molar refractivity (Wildman–Crippen MR) is 195 cm³/mol. The Labute approximate surface area is 365 Å². The molecule has 0 N–H and O–H groups in total. The van der Waals surface area contributed by atoms with Crippen molar-refractivity contribution in [2.45, 2.75) is 6.54 Å². The van der Waals surface area contributed by atoms with Gasteiger partial charge in [-0.05, 0) is 12.1 Å². The Morgan fingerprint density at radius 1 is 0.426 bits per heavy atom. The van der Waals surface area contributed by atoms with E-state index in [1.807, 2.05) is 59.2 Å². The minimum absolute atomic E-state index is 0.00578. The molecule has 68 heavy (non-hydrogen) atoms. The molecule has 4 nitrogen and oxygen atoms in total. The van der Waals surface area contributed by atoms with Crippen LogP contribution in [0.15, 0.2) is 66.7 Å². The second kappa shape index (κ2) is 18.9. The fourth-order valence-electron chi connectivity index (χ4n) is 7.37. The van der Waals surface area contributed by atoms with E-state index in [1.54, 1.807) is 18.2 Å². The third-order valence-corrected chi connectivity index (χ3v) is 10.3. The van der Waals surface area contributed by atoms with Crippen molar-refractivity contribution in [3.05, 3.63) is 189 Å². The second-order valence-electron chi connectivity index (χ2n) is 13.9. The molecule has 0 radical (unpaired) electrons. The van der Waals surface area contributed by atoms with Gasteiger partial charge in [0.25, 0.3) is 0 Å². The number of carbonyl (C=O) groups is 1. The molecule has 0 bridgehead atoms. The summed E-state index contributed by atoms with van der Waals surface area (Å²) in [5, 5.41) is 9.75. The maximum atomic E-state index is 15.4. The van der Waals surface area contributed by atoms with Crippen LogP contribution in [0, 0.1) is 128 Å². The molecular formula is C43H15BF20N2O2. The Kier molecular flexibility index (Phi) is 13.9. The minimum atomic E-state index is -7.22. The lowest BCUT2D eigenvalue weighted by Gasteiger charge is -2.44. The number of fused-ring (bicyclic) bond motifs is 1. The van der Waals surface area contributed by atoms with Crippen molar-refractivity contribution in [2.75, 3.05) is 6.61 Å². The average Bonchev–Trinajstić information content (AvgIpc) is 3.34. The van der Waals surface area contributed by atoms with Crippen LogP contribution in [-0.2, 0) is 6.54 Å². The van der Waals surface area contributed by atoms with E-state index in [2.05, 4.69) is 0 Å². The molecule has 0 unspecified atom stereocenters. The van der Waals surface area contributed by atoms with Gasteiger partial charge in [-0.3, -0.25) is 4.79 Å². The molecule has 1 aromatic heterocycles. The van der Waals surface area contributed by atoms with Crippen LogP contribution in [0.5, 0.6) is 5.88 Å². The third-order valence-electron chi connectivity index (χ3n) is 10.3. The molecule has 0 amide bonds. The van der Waals surface area contributed by atoms with Gasteiger partial charge in [-0.1, -0.05) is 42.5 Å². The number of benzene rings is 6. The molecule has 0 saturated carbocycles. The zero-order valence-electron chi connectivity index (χ0n) is 32.6. The van der Waals surface area contributed by atoms with Crippen molar-refractivity contribution in [3.8, 4) is 11.9 Å². The maximum Gasteiger partial charge on any atom is 0.369 e. The SMILES string of the molecule is Fc1c(F)c(F)c([B-](c2c(F)c(F)c(F)c(F)c2F)(c2c(F)c(F)c(F)c(F)c2F)c2c(F)c(F)c(F)c(F)c2F)c(F)c1F.N#CCOc1ccc2ccccc2[n+]1CC(=O)c1ccccc1. The summed E-state index contributed by atoms with van der Waals surface area (Å²) in [5.41, 5.74) is -12.8. The van der Waals surface area contributed by atoms with Crippen LogP contribution in [0.1, 0.15) is 10.4 Å². The van der Waals surface area contributed by atoms with E-state index in [0.29, 0.717) is 11.4 Å². The van der Waals surface area contributed by atoms with Crippen molar-refractivity contribution >= 4 is 44.7 Å². The normalized spacial score (nSPS) is 11.4. The fraction of sp³-hybridized carbons (Fsp3) is 0.0465. The Balaban J connectivity index is 0.000000276. The first kappa shape index (κ1) is 49.8. The van der Waals surface area contributed by atoms with Crippen LogP contribution in [-0.4, -0.2) is 18.5 Å². The van der Waals surface area contributed by atoms with E-state index < -0.39 is 144 Å². The van der Waals surface area contributed by atoms with Crippen LogP contribution in [0.4, 0.5) is 87.8 Å². The topological polar surface area (TPSA) is 54.0 Å². The van der Waals surface area contributed by atoms with Gasteiger partial charge in [-0.2, -0.15) is 9.83 Å². The molecule has 0 aliphatic heterocycles. The Morgan fingerprint density at radius 2 is 0.735 bits per heavy atom. The fourth-order valence-corrected chi connectivity index (χ4v) is 7.37. The first-order chi connectivity index (χ1) is 32.0. The zero-order chi connectivity index (χ0) is 50.4. The van der Waals surface area contributed by atoms with E-state index in [1.165, 1.54) is 0 Å². The van der Waals surface area contributed by atoms with Gasteiger partial charge in [0, 0.05) is 17.0 Å². The van der Waals surface area contributed by atoms with E-state index in [9.17, 15) is 57.5 Å². The van der Waals surface area contributed by atoms with Crippen molar-refractivity contribution in [1.29, 1.82) is 5.26 Å². The highest BCUT2D eigenvalue weighted by Gasteiger charge is 2.52. The van der Waals surface area contributed by atoms with Crippen molar-refractivity contribution in [3.63, 3.8) is 0 Å². The number of aromatic nitrogens is 1. The van der Waals surface area contributed by atoms with Gasteiger partial charge in [-0.25, -0.2) is 87.8 Å². The van der Waals surface area contributed by atoms with Gasteiger partial charge in [0.05, 0.1) is 6.07 Å². The van der Waals surface area contributed by atoms with E-state index >= 15 is 35.1 Å². The van der Waals surface area contributed by atoms with Crippen LogP contribution in [0.25, 0.3) is 10.9 Å². The number of nitriles is 1. The van der Waals surface area contributed by atoms with Crippen molar-refractivity contribution in [1.82, 2.24) is 0 Å². The van der Waals surface area contributed by atoms with Crippen molar-refractivity contribution in [2.24, 2.45) is 0 Å². The second-order valence-corrected chi connectivity index (χ2v) is 13.9. The first-order valence-electron chi connectivity index (χ1n) is 18.2. The minimum Gasteiger partial charge on any atom is -0.429 e. The number of carbonyl (C=O) groups excluding carboxylic acids is 1. The van der Waals surface area contributed by atoms with Gasteiger partial charge in [-0.15, -0.1) is 21.9 Å². The molecule has 0 saturated heterocycles. The standard InChI is InChI=1S/C24BF20.C19H15N2O2/c26-5-1(6(27)14(35)21(42)13(5)34)25(2-7(28)15(36)22(43)16(37)8(2)29,3-9(30)17(38)23(44)18(39)10(3)31)4-11(32)19(40)24(45)20(41)12(4)33;20-12-13-23-19-11-10-15-6-4-5-9-17(15)21(19)14-18(22)16-7-2-1-3-8-16/h;1-11H,13-14H2/q-1;+1. The highest BCUT2D eigenvalue weighted by molar-refractivity contribution is 7.20. The van der Waals surface area contributed by atoms with Crippen molar-refractivity contribution < 1.29 is 102 Å². The molecule has 0 aliphatic carbocycles. The summed E-state index contributed by atoms with van der Waals surface area (Å²) in [6.45, 7) is 0.101. The Bertz CT molecular complexity index is 2880. The largest absolute Gasteiger partial charge is 0.429 e. The maximum absolute atomic E-state index is 15.4. The quantitative estimate of drug-likeness (QED) is 0.0364.